The quantitative estimate of drug-likeness (QED) is 0.0283. The third-order valence-corrected chi connectivity index (χ3v) is 12.2. The van der Waals surface area contributed by atoms with Gasteiger partial charge in [0.15, 0.2) is 0 Å². The zero-order valence-electron chi connectivity index (χ0n) is 43.8. The summed E-state index contributed by atoms with van der Waals surface area (Å²) in [5.41, 5.74) is 4.48. The number of carboxylic acid groups (broad SMARTS) is 2. The van der Waals surface area contributed by atoms with Crippen molar-refractivity contribution >= 4 is 53.1 Å². The van der Waals surface area contributed by atoms with Crippen molar-refractivity contribution in [2.75, 3.05) is 35.0 Å². The summed E-state index contributed by atoms with van der Waals surface area (Å²) in [6.07, 6.45) is 10.1. The minimum absolute atomic E-state index is 0.108. The van der Waals surface area contributed by atoms with Crippen LogP contribution < -0.4 is 39.1 Å². The molecule has 0 radical (unpaired) electrons. The highest BCUT2D eigenvalue weighted by molar-refractivity contribution is 6.21. The number of carbonyl (C=O) groups excluding carboxylic acids is 3. The smallest absolute Gasteiger partial charge is 0.336 e. The standard InChI is InChI=1S/C33H36N2O7.C28H28O7/c1-40-28-18-23(19-29(21-28)41-2)20-30(32(37)38)24-11-15-27(16-12-24)42-26-13-8-22(9-14-26)10-17-31(36)35-33(39)34-25-6-4-3-5-7-25;1-4-34-27(29)14-7-19-5-10-22(11-6-19)35-23-12-8-21(9-13-23)26(28(30)31)17-20-15-24(32-2)18-25(16-20)33-3/h8-9,11-16,18-21,25H,3-7,10,17H2,1-2H3,(H,37,38)(H2,34,35,36,39);5-6,8-13,15-18H,4,7,14H2,1-3H3,(H,30,31)/b30-20+;26-17+. The van der Waals surface area contributed by atoms with Gasteiger partial charge in [-0.25, -0.2) is 14.4 Å². The van der Waals surface area contributed by atoms with E-state index in [1.54, 1.807) is 116 Å². The molecule has 0 unspecified atom stereocenters. The maximum absolute atomic E-state index is 12.2. The lowest BCUT2D eigenvalue weighted by Crippen LogP contribution is -2.45. The van der Waals surface area contributed by atoms with Crippen LogP contribution in [0.3, 0.4) is 0 Å². The molecule has 16 heteroatoms. The summed E-state index contributed by atoms with van der Waals surface area (Å²) in [7, 11) is 6.14. The molecule has 4 N–H and O–H groups in total. The summed E-state index contributed by atoms with van der Waals surface area (Å²) >= 11 is 0. The number of imide groups is 1. The third kappa shape index (κ3) is 18.4. The molecule has 0 atom stereocenters. The summed E-state index contributed by atoms with van der Waals surface area (Å²) in [4.78, 5) is 59.8. The van der Waals surface area contributed by atoms with Crippen molar-refractivity contribution in [2.24, 2.45) is 0 Å². The highest BCUT2D eigenvalue weighted by Crippen LogP contribution is 2.31. The second kappa shape index (κ2) is 29.1. The molecule has 0 spiro atoms. The number of ether oxygens (including phenoxy) is 7. The van der Waals surface area contributed by atoms with Gasteiger partial charge in [0.2, 0.25) is 5.91 Å². The van der Waals surface area contributed by atoms with E-state index in [0.717, 1.165) is 36.8 Å². The van der Waals surface area contributed by atoms with Crippen molar-refractivity contribution in [1.82, 2.24) is 10.6 Å². The topological polar surface area (TPSA) is 214 Å². The average molecular weight is 1050 g/mol. The van der Waals surface area contributed by atoms with E-state index in [2.05, 4.69) is 10.6 Å². The Kier molecular flexibility index (Phi) is 21.7. The van der Waals surface area contributed by atoms with Crippen molar-refractivity contribution in [3.63, 3.8) is 0 Å². The zero-order chi connectivity index (χ0) is 55.1. The van der Waals surface area contributed by atoms with E-state index < -0.39 is 18.0 Å². The number of aryl methyl sites for hydroxylation is 2. The number of nitrogens with one attached hydrogen (secondary N) is 2. The first-order valence-corrected chi connectivity index (χ1v) is 25.1. The Morgan fingerprint density at radius 3 is 1.25 bits per heavy atom. The number of carbonyl (C=O) groups is 5. The molecule has 1 aliphatic carbocycles. The lowest BCUT2D eigenvalue weighted by atomic mass is 9.96. The van der Waals surface area contributed by atoms with Crippen LogP contribution in [0.1, 0.15) is 85.3 Å². The van der Waals surface area contributed by atoms with E-state index in [4.69, 9.17) is 33.2 Å². The summed E-state index contributed by atoms with van der Waals surface area (Å²) < 4.78 is 37.8. The van der Waals surface area contributed by atoms with Crippen molar-refractivity contribution in [2.45, 2.75) is 70.8 Å². The minimum atomic E-state index is -1.07. The van der Waals surface area contributed by atoms with Crippen LogP contribution in [0.4, 0.5) is 4.79 Å². The van der Waals surface area contributed by atoms with Crippen molar-refractivity contribution in [3.8, 4) is 46.0 Å². The molecule has 1 saturated carbocycles. The molecule has 0 aliphatic heterocycles. The number of hydrogen-bond acceptors (Lipinski definition) is 12. The lowest BCUT2D eigenvalue weighted by Gasteiger charge is -2.22. The molecule has 16 nitrogen and oxygen atoms in total. The number of urea groups is 1. The Labute approximate surface area is 448 Å². The number of benzene rings is 6. The van der Waals surface area contributed by atoms with Crippen LogP contribution in [0.5, 0.6) is 46.0 Å². The highest BCUT2D eigenvalue weighted by Gasteiger charge is 2.18. The van der Waals surface area contributed by atoms with Gasteiger partial charge >= 0.3 is 23.9 Å². The van der Waals surface area contributed by atoms with Crippen LogP contribution in [-0.2, 0) is 36.8 Å². The molecule has 3 amide bonds. The van der Waals surface area contributed by atoms with Gasteiger partial charge in [0, 0.05) is 31.0 Å². The van der Waals surface area contributed by atoms with E-state index in [0.29, 0.717) is 94.1 Å². The number of aliphatic carboxylic acids is 2. The predicted molar refractivity (Wildman–Crippen MR) is 293 cm³/mol. The first-order valence-electron chi connectivity index (χ1n) is 25.1. The lowest BCUT2D eigenvalue weighted by molar-refractivity contribution is -0.143. The SMILES string of the molecule is CCOC(=O)CCc1ccc(Oc2ccc(/C(=C\c3cc(OC)cc(OC)c3)C(=O)O)cc2)cc1.COc1cc(/C=C(/C(=O)O)c2ccc(Oc3ccc(CCC(=O)NC(=O)NC4CCCCC4)cc3)cc2)cc(OC)c1. The highest BCUT2D eigenvalue weighted by atomic mass is 16.5. The molecule has 1 fully saturated rings. The Morgan fingerprint density at radius 1 is 0.506 bits per heavy atom. The summed E-state index contributed by atoms with van der Waals surface area (Å²) in [5, 5.41) is 24.9. The summed E-state index contributed by atoms with van der Waals surface area (Å²) in [6.45, 7) is 2.16. The van der Waals surface area contributed by atoms with Crippen LogP contribution in [0.2, 0.25) is 0 Å². The first-order chi connectivity index (χ1) is 37.2. The average Bonchev–Trinajstić information content (AvgIpc) is 3.44. The predicted octanol–water partition coefficient (Wildman–Crippen LogP) is 11.8. The molecule has 0 saturated heterocycles. The van der Waals surface area contributed by atoms with Gasteiger partial charge in [0.05, 0.1) is 46.2 Å². The molecule has 0 bridgehead atoms. The molecule has 0 aromatic heterocycles. The zero-order valence-corrected chi connectivity index (χ0v) is 43.8. The maximum Gasteiger partial charge on any atom is 0.336 e. The molecular weight excluding hydrogens is 985 g/mol. The van der Waals surface area contributed by atoms with E-state index in [-0.39, 0.29) is 35.5 Å². The Morgan fingerprint density at radius 2 is 0.883 bits per heavy atom. The van der Waals surface area contributed by atoms with Gasteiger partial charge in [-0.05, 0) is 151 Å². The molecule has 402 valence electrons. The van der Waals surface area contributed by atoms with Gasteiger partial charge in [-0.15, -0.1) is 0 Å². The fourth-order valence-electron chi connectivity index (χ4n) is 8.22. The fraction of sp³-hybridized carbons (Fsp3) is 0.262. The normalized spacial score (nSPS) is 12.4. The number of hydrogen-bond donors (Lipinski definition) is 4. The minimum Gasteiger partial charge on any atom is -0.497 e. The van der Waals surface area contributed by atoms with Crippen molar-refractivity contribution < 1.29 is 67.3 Å². The van der Waals surface area contributed by atoms with Crippen LogP contribution >= 0.6 is 0 Å². The fourth-order valence-corrected chi connectivity index (χ4v) is 8.22. The van der Waals surface area contributed by atoms with E-state index in [9.17, 15) is 34.2 Å². The second-order valence-electron chi connectivity index (χ2n) is 17.7. The second-order valence-corrected chi connectivity index (χ2v) is 17.7. The van der Waals surface area contributed by atoms with E-state index in [1.165, 1.54) is 34.9 Å². The largest absolute Gasteiger partial charge is 0.497 e. The molecule has 1 aliphatic rings. The monoisotopic (exact) mass is 1050 g/mol. The number of rotatable bonds is 22. The van der Waals surface area contributed by atoms with Gasteiger partial charge in [-0.1, -0.05) is 67.8 Å². The van der Waals surface area contributed by atoms with Gasteiger partial charge in [-0.3, -0.25) is 14.9 Å². The number of esters is 1. The number of carboxylic acids is 2. The Bertz CT molecular complexity index is 2950. The Hall–Kier alpha value is -9.05. The van der Waals surface area contributed by atoms with Gasteiger partial charge in [0.1, 0.15) is 46.0 Å². The molecule has 0 heterocycles. The van der Waals surface area contributed by atoms with Crippen LogP contribution in [-0.4, -0.2) is 81.1 Å². The Balaban J connectivity index is 0.000000254. The number of methoxy groups -OCH3 is 4. The molecule has 77 heavy (non-hydrogen) atoms. The molecular formula is C61H64N2O14. The molecule has 6 aromatic rings. The summed E-state index contributed by atoms with van der Waals surface area (Å²) in [5.74, 6) is 1.93. The van der Waals surface area contributed by atoms with E-state index >= 15 is 0 Å². The number of amides is 3. The van der Waals surface area contributed by atoms with Gasteiger partial charge in [-0.2, -0.15) is 0 Å². The van der Waals surface area contributed by atoms with Crippen LogP contribution in [0, 0.1) is 0 Å². The van der Waals surface area contributed by atoms with Crippen molar-refractivity contribution in [3.05, 3.63) is 167 Å². The van der Waals surface area contributed by atoms with Crippen molar-refractivity contribution in [1.29, 1.82) is 0 Å². The maximum atomic E-state index is 12.2. The first kappa shape index (κ1) is 57.2. The van der Waals surface area contributed by atoms with E-state index in [1.807, 2.05) is 36.4 Å². The van der Waals surface area contributed by atoms with Gasteiger partial charge < -0.3 is 48.7 Å². The summed E-state index contributed by atoms with van der Waals surface area (Å²) in [6, 6.07) is 38.5. The molecule has 6 aromatic carbocycles. The van der Waals surface area contributed by atoms with Gasteiger partial charge in [0.25, 0.3) is 0 Å². The van der Waals surface area contributed by atoms with Crippen LogP contribution in [0.25, 0.3) is 23.3 Å². The molecule has 7 rings (SSSR count). The van der Waals surface area contributed by atoms with Crippen LogP contribution in [0.15, 0.2) is 133 Å². The third-order valence-electron chi connectivity index (χ3n) is 12.2.